The Morgan fingerprint density at radius 2 is 1.81 bits per heavy atom. The number of hydrogen-bond donors (Lipinski definition) is 2. The van der Waals surface area contributed by atoms with Crippen molar-refractivity contribution in [3.63, 3.8) is 0 Å². The normalized spacial score (nSPS) is 14.4. The molecule has 0 saturated carbocycles. The highest BCUT2D eigenvalue weighted by molar-refractivity contribution is 5.95. The molecule has 3 rings (SSSR count). The average Bonchev–Trinajstić information content (AvgIpc) is 2.73. The quantitative estimate of drug-likeness (QED) is 0.567. The Balaban J connectivity index is 2.19. The summed E-state index contributed by atoms with van der Waals surface area (Å²) in [6.07, 6.45) is -4.10. The third kappa shape index (κ3) is 4.40. The maximum Gasteiger partial charge on any atom is 0.421 e. The SMILES string of the molecule is CC(O)Cn1cc(C(=O)N[C@@](c2ccccc2)(c2ncccc2F)C(F)(F)F)ccc1=O. The molecular formula is C22H19F4N3O3. The molecule has 0 radical (unpaired) electrons. The van der Waals surface area contributed by atoms with Crippen molar-refractivity contribution in [3.8, 4) is 0 Å². The van der Waals surface area contributed by atoms with Crippen LogP contribution in [0.3, 0.4) is 0 Å². The lowest BCUT2D eigenvalue weighted by Gasteiger charge is -2.36. The van der Waals surface area contributed by atoms with Crippen LogP contribution >= 0.6 is 0 Å². The first-order valence-corrected chi connectivity index (χ1v) is 9.50. The number of alkyl halides is 3. The van der Waals surface area contributed by atoms with Crippen LogP contribution in [0.5, 0.6) is 0 Å². The highest BCUT2D eigenvalue weighted by Gasteiger charge is 2.60. The summed E-state index contributed by atoms with van der Waals surface area (Å²) in [5.74, 6) is -2.47. The molecule has 1 aromatic carbocycles. The van der Waals surface area contributed by atoms with Gasteiger partial charge in [-0.05, 0) is 30.7 Å². The van der Waals surface area contributed by atoms with E-state index in [1.54, 1.807) is 0 Å². The molecule has 0 bridgehead atoms. The van der Waals surface area contributed by atoms with Crippen LogP contribution in [0.1, 0.15) is 28.5 Å². The predicted octanol–water partition coefficient (Wildman–Crippen LogP) is 3.00. The fourth-order valence-electron chi connectivity index (χ4n) is 3.32. The van der Waals surface area contributed by atoms with E-state index in [4.69, 9.17) is 0 Å². The molecule has 0 aliphatic rings. The summed E-state index contributed by atoms with van der Waals surface area (Å²) in [5, 5.41) is 11.4. The number of halogens is 4. The standard InChI is InChI=1S/C22H19F4N3O3/c1-14(30)12-29-13-15(9-10-18(29)31)20(32)28-21(22(24,25)26,16-6-3-2-4-7-16)19-17(23)8-5-11-27-19/h2-11,13-14,30H,12H2,1H3,(H,28,32)/t14?,21-/m0/s1. The molecule has 1 unspecified atom stereocenters. The van der Waals surface area contributed by atoms with Gasteiger partial charge >= 0.3 is 6.18 Å². The molecule has 168 valence electrons. The largest absolute Gasteiger partial charge is 0.421 e. The number of amides is 1. The maximum atomic E-state index is 14.6. The van der Waals surface area contributed by atoms with Crippen LogP contribution in [0.4, 0.5) is 17.6 Å². The van der Waals surface area contributed by atoms with Gasteiger partial charge in [-0.3, -0.25) is 14.6 Å². The van der Waals surface area contributed by atoms with Crippen molar-refractivity contribution in [1.29, 1.82) is 0 Å². The third-order valence-electron chi connectivity index (χ3n) is 4.75. The first-order chi connectivity index (χ1) is 15.1. The molecule has 2 aromatic heterocycles. The number of benzene rings is 1. The van der Waals surface area contributed by atoms with Crippen LogP contribution in [0, 0.1) is 5.82 Å². The molecule has 1 amide bonds. The number of nitrogens with zero attached hydrogens (tertiary/aromatic N) is 2. The number of carbonyl (C=O) groups is 1. The predicted molar refractivity (Wildman–Crippen MR) is 107 cm³/mol. The van der Waals surface area contributed by atoms with E-state index >= 15 is 0 Å². The minimum absolute atomic E-state index is 0.169. The molecule has 0 spiro atoms. The molecule has 0 saturated heterocycles. The Hall–Kier alpha value is -3.53. The van der Waals surface area contributed by atoms with Gasteiger partial charge in [0.1, 0.15) is 11.5 Å². The molecule has 2 atom stereocenters. The number of nitrogens with one attached hydrogen (secondary N) is 1. The molecule has 2 N–H and O–H groups in total. The van der Waals surface area contributed by atoms with Gasteiger partial charge in [-0.15, -0.1) is 0 Å². The fraction of sp³-hybridized carbons (Fsp3) is 0.227. The highest BCUT2D eigenvalue weighted by atomic mass is 19.4. The van der Waals surface area contributed by atoms with Gasteiger partial charge in [-0.1, -0.05) is 30.3 Å². The van der Waals surface area contributed by atoms with E-state index in [0.29, 0.717) is 0 Å². The van der Waals surface area contributed by atoms with E-state index in [2.05, 4.69) is 4.98 Å². The Kier molecular flexibility index (Phi) is 6.45. The van der Waals surface area contributed by atoms with Crippen LogP contribution in [0.25, 0.3) is 0 Å². The van der Waals surface area contributed by atoms with Gasteiger partial charge in [-0.2, -0.15) is 13.2 Å². The number of rotatable bonds is 6. The minimum atomic E-state index is -5.19. The van der Waals surface area contributed by atoms with Crippen LogP contribution in [0.2, 0.25) is 0 Å². The van der Waals surface area contributed by atoms with E-state index < -0.39 is 46.4 Å². The zero-order valence-corrected chi connectivity index (χ0v) is 16.8. The van der Waals surface area contributed by atoms with Crippen molar-refractivity contribution < 1.29 is 27.5 Å². The second kappa shape index (κ2) is 8.91. The highest BCUT2D eigenvalue weighted by Crippen LogP contribution is 2.44. The van der Waals surface area contributed by atoms with Crippen LogP contribution in [-0.2, 0) is 12.1 Å². The lowest BCUT2D eigenvalue weighted by atomic mass is 9.84. The summed E-state index contributed by atoms with van der Waals surface area (Å²) in [5.41, 5.74) is -5.61. The molecule has 3 aromatic rings. The summed E-state index contributed by atoms with van der Waals surface area (Å²) in [4.78, 5) is 28.5. The van der Waals surface area contributed by atoms with E-state index in [1.807, 2.05) is 5.32 Å². The summed E-state index contributed by atoms with van der Waals surface area (Å²) in [6.45, 7) is 1.24. The van der Waals surface area contributed by atoms with Gasteiger partial charge in [0.25, 0.3) is 11.5 Å². The van der Waals surface area contributed by atoms with Crippen molar-refractivity contribution in [3.05, 3.63) is 100.0 Å². The molecule has 2 heterocycles. The summed E-state index contributed by atoms with van der Waals surface area (Å²) >= 11 is 0. The van der Waals surface area contributed by atoms with Crippen molar-refractivity contribution in [2.45, 2.75) is 31.3 Å². The number of aromatic nitrogens is 2. The number of aliphatic hydroxyl groups is 1. The number of aliphatic hydroxyl groups excluding tert-OH is 1. The van der Waals surface area contributed by atoms with Gasteiger partial charge in [0.05, 0.1) is 18.2 Å². The average molecular weight is 449 g/mol. The second-order valence-electron chi connectivity index (χ2n) is 7.16. The summed E-state index contributed by atoms with van der Waals surface area (Å²) in [7, 11) is 0. The Morgan fingerprint density at radius 3 is 2.41 bits per heavy atom. The Bertz CT molecular complexity index is 1160. The van der Waals surface area contributed by atoms with Crippen molar-refractivity contribution in [2.75, 3.05) is 0 Å². The second-order valence-corrected chi connectivity index (χ2v) is 7.16. The molecule has 0 aliphatic heterocycles. The first-order valence-electron chi connectivity index (χ1n) is 9.50. The zero-order chi connectivity index (χ0) is 23.5. The summed E-state index contributed by atoms with van der Waals surface area (Å²) < 4.78 is 59.5. The lowest BCUT2D eigenvalue weighted by Crippen LogP contribution is -2.58. The van der Waals surface area contributed by atoms with E-state index in [0.717, 1.165) is 53.4 Å². The maximum absolute atomic E-state index is 14.6. The van der Waals surface area contributed by atoms with Crippen molar-refractivity contribution in [2.24, 2.45) is 0 Å². The Morgan fingerprint density at radius 1 is 1.12 bits per heavy atom. The number of hydrogen-bond acceptors (Lipinski definition) is 4. The van der Waals surface area contributed by atoms with Gasteiger partial charge < -0.3 is 15.0 Å². The molecule has 10 heteroatoms. The molecule has 6 nitrogen and oxygen atoms in total. The smallest absolute Gasteiger partial charge is 0.392 e. The summed E-state index contributed by atoms with van der Waals surface area (Å²) in [6, 6.07) is 10.4. The van der Waals surface area contributed by atoms with Crippen molar-refractivity contribution in [1.82, 2.24) is 14.9 Å². The monoisotopic (exact) mass is 449 g/mol. The van der Waals surface area contributed by atoms with E-state index in [9.17, 15) is 32.3 Å². The molecule has 32 heavy (non-hydrogen) atoms. The van der Waals surface area contributed by atoms with Crippen molar-refractivity contribution >= 4 is 5.91 Å². The minimum Gasteiger partial charge on any atom is -0.392 e. The zero-order valence-electron chi connectivity index (χ0n) is 16.8. The van der Waals surface area contributed by atoms with E-state index in [1.165, 1.54) is 25.1 Å². The Labute approximate surface area is 180 Å². The first kappa shape index (κ1) is 23.1. The van der Waals surface area contributed by atoms with E-state index in [-0.39, 0.29) is 12.1 Å². The molecular weight excluding hydrogens is 430 g/mol. The van der Waals surface area contributed by atoms with Gasteiger partial charge in [0.15, 0.2) is 0 Å². The topological polar surface area (TPSA) is 84.2 Å². The molecule has 0 aliphatic carbocycles. The third-order valence-corrected chi connectivity index (χ3v) is 4.75. The van der Waals surface area contributed by atoms with Crippen LogP contribution in [-0.4, -0.2) is 32.8 Å². The van der Waals surface area contributed by atoms with Crippen LogP contribution in [0.15, 0.2) is 71.8 Å². The van der Waals surface area contributed by atoms with Gasteiger partial charge in [0, 0.05) is 18.5 Å². The number of pyridine rings is 2. The molecule has 0 fully saturated rings. The lowest BCUT2D eigenvalue weighted by molar-refractivity contribution is -0.186. The van der Waals surface area contributed by atoms with Gasteiger partial charge in [-0.25, -0.2) is 4.39 Å². The van der Waals surface area contributed by atoms with Crippen LogP contribution < -0.4 is 10.9 Å². The fourth-order valence-corrected chi connectivity index (χ4v) is 3.32. The number of carbonyl (C=O) groups excluding carboxylic acids is 1. The van der Waals surface area contributed by atoms with Gasteiger partial charge in [0.2, 0.25) is 5.54 Å².